The van der Waals surface area contributed by atoms with Gasteiger partial charge in [0.25, 0.3) is 0 Å². The number of aromatic amines is 1. The van der Waals surface area contributed by atoms with Crippen LogP contribution < -0.4 is 0 Å². The first-order valence-electron chi connectivity index (χ1n) is 11.2. The second kappa shape index (κ2) is 8.11. The van der Waals surface area contributed by atoms with Gasteiger partial charge in [-0.25, -0.2) is 14.5 Å². The molecule has 166 valence electrons. The molecular weight excluding hydrogens is 400 g/mol. The minimum absolute atomic E-state index is 0.217. The quantitative estimate of drug-likeness (QED) is 0.535. The van der Waals surface area contributed by atoms with E-state index in [0.717, 1.165) is 72.5 Å². The van der Waals surface area contributed by atoms with Gasteiger partial charge in [-0.15, -0.1) is 0 Å². The van der Waals surface area contributed by atoms with E-state index in [1.807, 2.05) is 43.5 Å². The molecule has 0 aliphatic carbocycles. The molecule has 0 aromatic carbocycles. The van der Waals surface area contributed by atoms with Crippen LogP contribution in [0.15, 0.2) is 42.9 Å². The Kier molecular flexibility index (Phi) is 5.27. The van der Waals surface area contributed by atoms with E-state index >= 15 is 0 Å². The van der Waals surface area contributed by atoms with Gasteiger partial charge in [0.15, 0.2) is 5.65 Å². The number of H-pyrrole nitrogens is 1. The average Bonchev–Trinajstić information content (AvgIpc) is 3.40. The number of aryl methyl sites for hydroxylation is 1. The van der Waals surface area contributed by atoms with Crippen LogP contribution in [0.3, 0.4) is 0 Å². The number of imidazole rings is 1. The topological polar surface area (TPSA) is 78.2 Å². The van der Waals surface area contributed by atoms with E-state index in [0.29, 0.717) is 0 Å². The molecule has 0 amide bonds. The van der Waals surface area contributed by atoms with E-state index in [9.17, 15) is 0 Å². The SMILES string of the molecule is Cc1cccc(-c2[nH]c(CN3CCN(C(C)(C)C)CC3)nc2-c2ccn3ncnc3c2)n1. The summed E-state index contributed by atoms with van der Waals surface area (Å²) in [5, 5.41) is 4.21. The molecule has 1 fully saturated rings. The normalized spacial score (nSPS) is 16.1. The summed E-state index contributed by atoms with van der Waals surface area (Å²) in [4.78, 5) is 22.7. The number of nitrogens with zero attached hydrogens (tertiary/aromatic N) is 7. The molecule has 5 rings (SSSR count). The highest BCUT2D eigenvalue weighted by Gasteiger charge is 2.26. The minimum atomic E-state index is 0.217. The number of hydrogen-bond acceptors (Lipinski definition) is 6. The van der Waals surface area contributed by atoms with Crippen molar-refractivity contribution in [1.29, 1.82) is 0 Å². The summed E-state index contributed by atoms with van der Waals surface area (Å²) >= 11 is 0. The van der Waals surface area contributed by atoms with Crippen LogP contribution in [0.4, 0.5) is 0 Å². The van der Waals surface area contributed by atoms with E-state index in [2.05, 4.69) is 45.6 Å². The van der Waals surface area contributed by atoms with Gasteiger partial charge in [-0.3, -0.25) is 14.8 Å². The molecule has 4 aromatic rings. The first kappa shape index (κ1) is 20.8. The Morgan fingerprint density at radius 2 is 1.84 bits per heavy atom. The van der Waals surface area contributed by atoms with Crippen molar-refractivity contribution in [3.05, 3.63) is 54.4 Å². The number of fused-ring (bicyclic) bond motifs is 1. The van der Waals surface area contributed by atoms with Crippen molar-refractivity contribution in [2.45, 2.75) is 39.8 Å². The van der Waals surface area contributed by atoms with Crippen LogP contribution in [-0.4, -0.2) is 71.1 Å². The van der Waals surface area contributed by atoms with Gasteiger partial charge in [-0.2, -0.15) is 5.10 Å². The molecule has 1 saturated heterocycles. The number of nitrogens with one attached hydrogen (secondary N) is 1. The van der Waals surface area contributed by atoms with Crippen molar-refractivity contribution >= 4 is 5.65 Å². The van der Waals surface area contributed by atoms with Crippen molar-refractivity contribution < 1.29 is 0 Å². The van der Waals surface area contributed by atoms with Crippen LogP contribution in [0.1, 0.15) is 32.3 Å². The fourth-order valence-electron chi connectivity index (χ4n) is 4.32. The van der Waals surface area contributed by atoms with Crippen molar-refractivity contribution in [2.24, 2.45) is 0 Å². The molecular formula is C24H30N8. The van der Waals surface area contributed by atoms with Gasteiger partial charge in [0, 0.05) is 49.2 Å². The Hall–Kier alpha value is -3.10. The second-order valence-electron chi connectivity index (χ2n) is 9.48. The van der Waals surface area contributed by atoms with Crippen molar-refractivity contribution in [3.8, 4) is 22.6 Å². The van der Waals surface area contributed by atoms with E-state index < -0.39 is 0 Å². The number of aromatic nitrogens is 6. The van der Waals surface area contributed by atoms with Gasteiger partial charge in [-0.05, 0) is 52.0 Å². The van der Waals surface area contributed by atoms with Gasteiger partial charge < -0.3 is 4.98 Å². The van der Waals surface area contributed by atoms with Gasteiger partial charge >= 0.3 is 0 Å². The molecule has 5 heterocycles. The molecule has 0 bridgehead atoms. The third kappa shape index (κ3) is 4.16. The smallest absolute Gasteiger partial charge is 0.155 e. The number of rotatable bonds is 4. The fraction of sp³-hybridized carbons (Fsp3) is 0.417. The minimum Gasteiger partial charge on any atom is -0.339 e. The maximum Gasteiger partial charge on any atom is 0.155 e. The Balaban J connectivity index is 1.46. The summed E-state index contributed by atoms with van der Waals surface area (Å²) in [7, 11) is 0. The van der Waals surface area contributed by atoms with Gasteiger partial charge in [0.2, 0.25) is 0 Å². The average molecular weight is 431 g/mol. The predicted octanol–water partition coefficient (Wildman–Crippen LogP) is 3.41. The van der Waals surface area contributed by atoms with Gasteiger partial charge in [-0.1, -0.05) is 6.07 Å². The molecule has 32 heavy (non-hydrogen) atoms. The van der Waals surface area contributed by atoms with Crippen molar-refractivity contribution in [2.75, 3.05) is 26.2 Å². The summed E-state index contributed by atoms with van der Waals surface area (Å²) in [6.45, 7) is 13.9. The lowest BCUT2D eigenvalue weighted by Gasteiger charge is -2.42. The van der Waals surface area contributed by atoms with Crippen molar-refractivity contribution in [3.63, 3.8) is 0 Å². The summed E-state index contributed by atoms with van der Waals surface area (Å²) < 4.78 is 1.76. The molecule has 8 heteroatoms. The lowest BCUT2D eigenvalue weighted by Crippen LogP contribution is -2.53. The summed E-state index contributed by atoms with van der Waals surface area (Å²) in [6.07, 6.45) is 3.49. The van der Waals surface area contributed by atoms with Crippen LogP contribution in [0.2, 0.25) is 0 Å². The third-order valence-corrected chi connectivity index (χ3v) is 6.15. The van der Waals surface area contributed by atoms with E-state index in [1.165, 1.54) is 0 Å². The van der Waals surface area contributed by atoms with Crippen LogP contribution in [0.25, 0.3) is 28.3 Å². The van der Waals surface area contributed by atoms with Crippen LogP contribution in [0, 0.1) is 6.92 Å². The zero-order valence-electron chi connectivity index (χ0n) is 19.2. The van der Waals surface area contributed by atoms with E-state index in [-0.39, 0.29) is 5.54 Å². The molecule has 0 unspecified atom stereocenters. The lowest BCUT2D eigenvalue weighted by molar-refractivity contribution is 0.0581. The maximum atomic E-state index is 5.03. The second-order valence-corrected chi connectivity index (χ2v) is 9.48. The number of pyridine rings is 2. The number of hydrogen-bond donors (Lipinski definition) is 1. The Morgan fingerprint density at radius 1 is 1.03 bits per heavy atom. The number of piperazine rings is 1. The molecule has 1 aliphatic heterocycles. The molecule has 1 aliphatic rings. The molecule has 0 radical (unpaired) electrons. The Bertz CT molecular complexity index is 1220. The maximum absolute atomic E-state index is 5.03. The fourth-order valence-corrected chi connectivity index (χ4v) is 4.32. The van der Waals surface area contributed by atoms with E-state index in [4.69, 9.17) is 9.97 Å². The standard InChI is InChI=1S/C24H30N8/c1-17-6-5-7-19(27-17)23-22(18-8-9-32-21(14-18)25-16-26-32)28-20(29-23)15-30-10-12-31(13-11-30)24(2,3)4/h5-9,14,16H,10-13,15H2,1-4H3,(H,28,29). The van der Waals surface area contributed by atoms with Crippen LogP contribution in [0.5, 0.6) is 0 Å². The Labute approximate surface area is 188 Å². The molecule has 0 saturated carbocycles. The molecule has 8 nitrogen and oxygen atoms in total. The van der Waals surface area contributed by atoms with Gasteiger partial charge in [0.1, 0.15) is 12.2 Å². The zero-order valence-corrected chi connectivity index (χ0v) is 19.2. The molecule has 1 N–H and O–H groups in total. The van der Waals surface area contributed by atoms with E-state index in [1.54, 1.807) is 10.8 Å². The zero-order chi connectivity index (χ0) is 22.3. The van der Waals surface area contributed by atoms with Crippen molar-refractivity contribution in [1.82, 2.24) is 39.3 Å². The highest BCUT2D eigenvalue weighted by atomic mass is 15.3. The van der Waals surface area contributed by atoms with Crippen LogP contribution >= 0.6 is 0 Å². The largest absolute Gasteiger partial charge is 0.339 e. The van der Waals surface area contributed by atoms with Crippen LogP contribution in [-0.2, 0) is 6.54 Å². The van der Waals surface area contributed by atoms with Gasteiger partial charge in [0.05, 0.1) is 23.6 Å². The Morgan fingerprint density at radius 3 is 2.59 bits per heavy atom. The summed E-state index contributed by atoms with van der Waals surface area (Å²) in [5.74, 6) is 0.962. The first-order chi connectivity index (χ1) is 15.4. The molecule has 0 spiro atoms. The molecule has 0 atom stereocenters. The summed E-state index contributed by atoms with van der Waals surface area (Å²) in [6, 6.07) is 10.1. The molecule has 4 aromatic heterocycles. The third-order valence-electron chi connectivity index (χ3n) is 6.15. The first-order valence-corrected chi connectivity index (χ1v) is 11.2. The highest BCUT2D eigenvalue weighted by molar-refractivity contribution is 5.78. The predicted molar refractivity (Wildman–Crippen MR) is 125 cm³/mol. The summed E-state index contributed by atoms with van der Waals surface area (Å²) in [5.41, 5.74) is 5.75. The lowest BCUT2D eigenvalue weighted by atomic mass is 10.1. The monoisotopic (exact) mass is 430 g/mol. The highest BCUT2D eigenvalue weighted by Crippen LogP contribution is 2.30.